The van der Waals surface area contributed by atoms with Gasteiger partial charge in [-0.25, -0.2) is 4.98 Å². The largest absolute Gasteiger partial charge is 0.504 e. The van der Waals surface area contributed by atoms with E-state index in [1.54, 1.807) is 18.3 Å². The minimum Gasteiger partial charge on any atom is -0.504 e. The number of carbonyl (C=O) groups is 1. The van der Waals surface area contributed by atoms with E-state index in [-0.39, 0.29) is 23.4 Å². The molecule has 0 atom stereocenters. The van der Waals surface area contributed by atoms with E-state index in [0.717, 1.165) is 31.7 Å². The molecule has 1 aliphatic heterocycles. The van der Waals surface area contributed by atoms with Crippen molar-refractivity contribution in [2.75, 3.05) is 18.0 Å². The second-order valence-electron chi connectivity index (χ2n) is 6.04. The quantitative estimate of drug-likeness (QED) is 0.588. The number of phenols is 2. The molecule has 25 heavy (non-hydrogen) atoms. The van der Waals surface area contributed by atoms with Crippen LogP contribution in [0.4, 0.5) is 5.82 Å². The lowest BCUT2D eigenvalue weighted by molar-refractivity contribution is -0.117. The van der Waals surface area contributed by atoms with Crippen LogP contribution in [0.3, 0.4) is 0 Å². The van der Waals surface area contributed by atoms with E-state index >= 15 is 0 Å². The average molecular weight is 339 g/mol. The normalized spacial score (nSPS) is 15.4. The summed E-state index contributed by atoms with van der Waals surface area (Å²) in [5, 5.41) is 21.7. The zero-order valence-corrected chi connectivity index (χ0v) is 13.8. The van der Waals surface area contributed by atoms with E-state index in [2.05, 4.69) is 15.2 Å². The van der Waals surface area contributed by atoms with Gasteiger partial charge in [0, 0.05) is 31.4 Å². The van der Waals surface area contributed by atoms with Crippen molar-refractivity contribution in [1.29, 1.82) is 0 Å². The highest BCUT2D eigenvalue weighted by Gasteiger charge is 2.20. The first kappa shape index (κ1) is 16.8. The zero-order chi connectivity index (χ0) is 17.6. The van der Waals surface area contributed by atoms with E-state index < -0.39 is 0 Å². The Morgan fingerprint density at radius 1 is 1.16 bits per heavy atom. The number of phenolic OH excluding ortho intramolecular Hbond substituents is 2. The number of rotatable bonds is 4. The van der Waals surface area contributed by atoms with Crippen LogP contribution in [0.1, 0.15) is 18.4 Å². The van der Waals surface area contributed by atoms with E-state index in [9.17, 15) is 15.0 Å². The molecule has 1 aromatic carbocycles. The SMILES string of the molecule is O=C(/C=C/c1ccc(O)c(O)c1)NC1CCN(c2ccccn2)CC1. The fraction of sp³-hybridized carbons (Fsp3) is 0.263. The van der Waals surface area contributed by atoms with Gasteiger partial charge in [0.25, 0.3) is 0 Å². The Bertz CT molecular complexity index is 754. The summed E-state index contributed by atoms with van der Waals surface area (Å²) in [6, 6.07) is 10.4. The number of carbonyl (C=O) groups excluding carboxylic acids is 1. The molecule has 0 unspecified atom stereocenters. The van der Waals surface area contributed by atoms with Crippen LogP contribution in [0.5, 0.6) is 11.5 Å². The van der Waals surface area contributed by atoms with Gasteiger partial charge >= 0.3 is 0 Å². The number of piperidine rings is 1. The molecule has 1 amide bonds. The third-order valence-electron chi connectivity index (χ3n) is 4.24. The van der Waals surface area contributed by atoms with E-state index in [4.69, 9.17) is 0 Å². The maximum atomic E-state index is 12.1. The smallest absolute Gasteiger partial charge is 0.244 e. The predicted octanol–water partition coefficient (Wildman–Crippen LogP) is 2.29. The molecular formula is C19H21N3O3. The van der Waals surface area contributed by atoms with Gasteiger partial charge < -0.3 is 20.4 Å². The number of benzene rings is 1. The molecule has 130 valence electrons. The van der Waals surface area contributed by atoms with Crippen LogP contribution >= 0.6 is 0 Å². The van der Waals surface area contributed by atoms with E-state index in [1.807, 2.05) is 18.2 Å². The zero-order valence-electron chi connectivity index (χ0n) is 13.8. The number of aromatic hydroxyl groups is 2. The van der Waals surface area contributed by atoms with Crippen molar-refractivity contribution in [2.24, 2.45) is 0 Å². The molecule has 2 heterocycles. The van der Waals surface area contributed by atoms with Crippen LogP contribution in [0.25, 0.3) is 6.08 Å². The standard InChI is InChI=1S/C19H21N3O3/c23-16-6-4-14(13-17(16)24)5-7-19(25)21-15-8-11-22(12-9-15)18-3-1-2-10-20-18/h1-7,10,13,15,23-24H,8-9,11-12H2,(H,21,25)/b7-5+. The molecule has 3 N–H and O–H groups in total. The molecule has 1 fully saturated rings. The predicted molar refractivity (Wildman–Crippen MR) is 96.4 cm³/mol. The van der Waals surface area contributed by atoms with Gasteiger partial charge in [-0.1, -0.05) is 12.1 Å². The fourth-order valence-electron chi connectivity index (χ4n) is 2.86. The van der Waals surface area contributed by atoms with Gasteiger partial charge in [-0.3, -0.25) is 4.79 Å². The van der Waals surface area contributed by atoms with Crippen LogP contribution in [0.15, 0.2) is 48.7 Å². The second kappa shape index (κ2) is 7.70. The van der Waals surface area contributed by atoms with Crippen LogP contribution < -0.4 is 10.2 Å². The maximum absolute atomic E-state index is 12.1. The fourth-order valence-corrected chi connectivity index (χ4v) is 2.86. The topological polar surface area (TPSA) is 85.7 Å². The van der Waals surface area contributed by atoms with Crippen molar-refractivity contribution < 1.29 is 15.0 Å². The van der Waals surface area contributed by atoms with Crippen LogP contribution in [-0.2, 0) is 4.79 Å². The van der Waals surface area contributed by atoms with Gasteiger partial charge in [-0.05, 0) is 48.7 Å². The molecule has 0 spiro atoms. The summed E-state index contributed by atoms with van der Waals surface area (Å²) in [6.07, 6.45) is 6.58. The number of aromatic nitrogens is 1. The number of nitrogens with one attached hydrogen (secondary N) is 1. The minimum atomic E-state index is -0.204. The summed E-state index contributed by atoms with van der Waals surface area (Å²) in [6.45, 7) is 1.72. The van der Waals surface area contributed by atoms with Gasteiger partial charge in [0.15, 0.2) is 11.5 Å². The second-order valence-corrected chi connectivity index (χ2v) is 6.04. The van der Waals surface area contributed by atoms with Gasteiger partial charge in [-0.2, -0.15) is 0 Å². The third-order valence-corrected chi connectivity index (χ3v) is 4.24. The molecule has 3 rings (SSSR count). The monoisotopic (exact) mass is 339 g/mol. The number of nitrogens with zero attached hydrogens (tertiary/aromatic N) is 2. The number of amides is 1. The minimum absolute atomic E-state index is 0.144. The van der Waals surface area contributed by atoms with Crippen molar-refractivity contribution in [1.82, 2.24) is 10.3 Å². The van der Waals surface area contributed by atoms with Crippen LogP contribution in [-0.4, -0.2) is 40.2 Å². The summed E-state index contributed by atoms with van der Waals surface area (Å²) in [5.74, 6) is 0.425. The Morgan fingerprint density at radius 3 is 2.64 bits per heavy atom. The molecule has 0 radical (unpaired) electrons. The first-order chi connectivity index (χ1) is 12.1. The molecule has 2 aromatic rings. The van der Waals surface area contributed by atoms with Crippen molar-refractivity contribution in [3.05, 3.63) is 54.2 Å². The number of hydrogen-bond acceptors (Lipinski definition) is 5. The summed E-state index contributed by atoms with van der Waals surface area (Å²) in [5.41, 5.74) is 0.649. The highest BCUT2D eigenvalue weighted by Crippen LogP contribution is 2.25. The first-order valence-corrected chi connectivity index (χ1v) is 8.28. The summed E-state index contributed by atoms with van der Waals surface area (Å²) in [4.78, 5) is 18.6. The number of anilines is 1. The maximum Gasteiger partial charge on any atom is 0.244 e. The van der Waals surface area contributed by atoms with E-state index in [1.165, 1.54) is 18.2 Å². The summed E-state index contributed by atoms with van der Waals surface area (Å²) >= 11 is 0. The molecule has 6 nitrogen and oxygen atoms in total. The van der Waals surface area contributed by atoms with Crippen molar-refractivity contribution in [3.8, 4) is 11.5 Å². The summed E-state index contributed by atoms with van der Waals surface area (Å²) < 4.78 is 0. The summed E-state index contributed by atoms with van der Waals surface area (Å²) in [7, 11) is 0. The van der Waals surface area contributed by atoms with Gasteiger partial charge in [-0.15, -0.1) is 0 Å². The number of pyridine rings is 1. The molecule has 1 aliphatic rings. The number of hydrogen-bond donors (Lipinski definition) is 3. The molecular weight excluding hydrogens is 318 g/mol. The molecule has 1 aromatic heterocycles. The highest BCUT2D eigenvalue weighted by atomic mass is 16.3. The third kappa shape index (κ3) is 4.50. The van der Waals surface area contributed by atoms with Crippen LogP contribution in [0, 0.1) is 0 Å². The molecule has 1 saturated heterocycles. The Hall–Kier alpha value is -3.02. The lowest BCUT2D eigenvalue weighted by Crippen LogP contribution is -2.44. The Kier molecular flexibility index (Phi) is 5.18. The first-order valence-electron chi connectivity index (χ1n) is 8.28. The lowest BCUT2D eigenvalue weighted by atomic mass is 10.0. The van der Waals surface area contributed by atoms with Crippen molar-refractivity contribution in [3.63, 3.8) is 0 Å². The Balaban J connectivity index is 1.49. The molecule has 0 saturated carbocycles. The molecule has 0 bridgehead atoms. The van der Waals surface area contributed by atoms with Gasteiger partial charge in [0.1, 0.15) is 5.82 Å². The van der Waals surface area contributed by atoms with Crippen LogP contribution in [0.2, 0.25) is 0 Å². The molecule has 6 heteroatoms. The van der Waals surface area contributed by atoms with Gasteiger partial charge in [0.05, 0.1) is 0 Å². The molecule has 0 aliphatic carbocycles. The lowest BCUT2D eigenvalue weighted by Gasteiger charge is -2.32. The van der Waals surface area contributed by atoms with Crippen molar-refractivity contribution in [2.45, 2.75) is 18.9 Å². The Morgan fingerprint density at radius 2 is 1.96 bits per heavy atom. The average Bonchev–Trinajstić information content (AvgIpc) is 2.64. The highest BCUT2D eigenvalue weighted by molar-refractivity contribution is 5.92. The Labute approximate surface area is 146 Å². The van der Waals surface area contributed by atoms with Crippen molar-refractivity contribution >= 4 is 17.8 Å². The van der Waals surface area contributed by atoms with E-state index in [0.29, 0.717) is 5.56 Å². The van der Waals surface area contributed by atoms with Gasteiger partial charge in [0.2, 0.25) is 5.91 Å².